The summed E-state index contributed by atoms with van der Waals surface area (Å²) >= 11 is 0. The zero-order valence-electron chi connectivity index (χ0n) is 16.9. The molecule has 14 heteroatoms. The van der Waals surface area contributed by atoms with E-state index < -0.39 is 66.4 Å². The lowest BCUT2D eigenvalue weighted by Gasteiger charge is -2.25. The molecule has 0 aliphatic rings. The van der Waals surface area contributed by atoms with Crippen LogP contribution in [0.15, 0.2) is 12.5 Å². The van der Waals surface area contributed by atoms with Crippen molar-refractivity contribution in [2.24, 2.45) is 5.73 Å². The molecule has 0 fully saturated rings. The van der Waals surface area contributed by atoms with Crippen LogP contribution in [0.5, 0.6) is 0 Å². The Morgan fingerprint density at radius 2 is 1.71 bits per heavy atom. The van der Waals surface area contributed by atoms with Crippen molar-refractivity contribution in [2.75, 3.05) is 0 Å². The van der Waals surface area contributed by atoms with Crippen LogP contribution in [-0.4, -0.2) is 85.2 Å². The van der Waals surface area contributed by atoms with Crippen molar-refractivity contribution >= 4 is 29.7 Å². The molecular formula is C17H26N6O8. The second-order valence-electron chi connectivity index (χ2n) is 6.84. The largest absolute Gasteiger partial charge is 0.481 e. The van der Waals surface area contributed by atoms with Crippen molar-refractivity contribution in [1.29, 1.82) is 0 Å². The Kier molecular flexibility index (Phi) is 9.56. The summed E-state index contributed by atoms with van der Waals surface area (Å²) in [5.41, 5.74) is 5.90. The third-order valence-corrected chi connectivity index (χ3v) is 4.13. The minimum absolute atomic E-state index is 0.0943. The Morgan fingerprint density at radius 3 is 2.19 bits per heavy atom. The number of hydrogen-bond acceptors (Lipinski definition) is 8. The number of nitrogens with one attached hydrogen (secondary N) is 4. The number of carbonyl (C=O) groups is 5. The van der Waals surface area contributed by atoms with Crippen LogP contribution in [0, 0.1) is 0 Å². The second-order valence-corrected chi connectivity index (χ2v) is 6.84. The Balaban J connectivity index is 2.96. The Bertz CT molecular complexity index is 797. The first-order chi connectivity index (χ1) is 14.4. The zero-order valence-corrected chi connectivity index (χ0v) is 16.9. The maximum atomic E-state index is 12.7. The smallest absolute Gasteiger partial charge is 0.325 e. The summed E-state index contributed by atoms with van der Waals surface area (Å²) in [6.45, 7) is 2.43. The van der Waals surface area contributed by atoms with E-state index in [2.05, 4.69) is 25.9 Å². The molecule has 1 aromatic heterocycles. The molecular weight excluding hydrogens is 416 g/mol. The fraction of sp³-hybridized carbons (Fsp3) is 0.529. The van der Waals surface area contributed by atoms with E-state index in [4.69, 9.17) is 15.9 Å². The molecule has 0 bridgehead atoms. The second kappa shape index (κ2) is 11.6. The number of aromatic nitrogens is 2. The average molecular weight is 442 g/mol. The van der Waals surface area contributed by atoms with E-state index >= 15 is 0 Å². The van der Waals surface area contributed by atoms with Gasteiger partial charge in [-0.3, -0.25) is 24.0 Å². The minimum Gasteiger partial charge on any atom is -0.481 e. The van der Waals surface area contributed by atoms with Crippen molar-refractivity contribution in [2.45, 2.75) is 57.0 Å². The molecule has 1 heterocycles. The quantitative estimate of drug-likeness (QED) is 0.160. The Labute approximate surface area is 176 Å². The molecule has 1 aromatic rings. The topological polar surface area (TPSA) is 237 Å². The number of aliphatic carboxylic acids is 2. The number of imidazole rings is 1. The summed E-state index contributed by atoms with van der Waals surface area (Å²) < 4.78 is 0. The highest BCUT2D eigenvalue weighted by Crippen LogP contribution is 2.03. The highest BCUT2D eigenvalue weighted by Gasteiger charge is 2.32. The van der Waals surface area contributed by atoms with Gasteiger partial charge >= 0.3 is 11.9 Å². The van der Waals surface area contributed by atoms with E-state index in [-0.39, 0.29) is 6.42 Å². The van der Waals surface area contributed by atoms with E-state index in [1.54, 1.807) is 0 Å². The number of carboxylic acid groups (broad SMARTS) is 2. The van der Waals surface area contributed by atoms with Gasteiger partial charge in [-0.2, -0.15) is 0 Å². The number of amides is 3. The lowest BCUT2D eigenvalue weighted by molar-refractivity contribution is -0.142. The van der Waals surface area contributed by atoms with Gasteiger partial charge in [-0.1, -0.05) is 0 Å². The molecule has 31 heavy (non-hydrogen) atoms. The average Bonchev–Trinajstić information content (AvgIpc) is 3.17. The number of nitrogens with zero attached hydrogens (tertiary/aromatic N) is 1. The fourth-order valence-electron chi connectivity index (χ4n) is 2.41. The maximum Gasteiger partial charge on any atom is 0.325 e. The lowest BCUT2D eigenvalue weighted by atomic mass is 10.1. The molecule has 5 unspecified atom stereocenters. The van der Waals surface area contributed by atoms with Crippen molar-refractivity contribution in [3.05, 3.63) is 18.2 Å². The summed E-state index contributed by atoms with van der Waals surface area (Å²) in [6, 6.07) is -5.54. The molecule has 0 saturated carbocycles. The van der Waals surface area contributed by atoms with E-state index in [0.29, 0.717) is 5.69 Å². The SMILES string of the molecule is CC(NC(=O)C(Cc1cnc[nH]1)NC(=O)C(NC(=O)C(N)CC(=O)O)C(C)O)C(=O)O. The molecule has 172 valence electrons. The predicted octanol–water partition coefficient (Wildman–Crippen LogP) is -3.31. The molecule has 0 spiro atoms. The normalized spacial score (nSPS) is 15.6. The van der Waals surface area contributed by atoms with E-state index in [1.165, 1.54) is 26.4 Å². The van der Waals surface area contributed by atoms with E-state index in [1.807, 2.05) is 0 Å². The summed E-state index contributed by atoms with van der Waals surface area (Å²) in [7, 11) is 0. The van der Waals surface area contributed by atoms with E-state index in [9.17, 15) is 29.1 Å². The van der Waals surface area contributed by atoms with Gasteiger partial charge in [-0.25, -0.2) is 4.98 Å². The van der Waals surface area contributed by atoms with Gasteiger partial charge in [-0.15, -0.1) is 0 Å². The van der Waals surface area contributed by atoms with Gasteiger partial charge in [0.2, 0.25) is 17.7 Å². The first-order valence-corrected chi connectivity index (χ1v) is 9.19. The number of nitrogens with two attached hydrogens (primary N) is 1. The standard InChI is InChI=1S/C17H26N6O8/c1-7(17(30)31)21-15(28)11(3-9-5-19-6-20-9)22-16(29)13(8(2)24)23-14(27)10(18)4-12(25)26/h5-8,10-11,13,24H,3-4,18H2,1-2H3,(H,19,20)(H,21,28)(H,22,29)(H,23,27)(H,25,26)(H,30,31). The third-order valence-electron chi connectivity index (χ3n) is 4.13. The van der Waals surface area contributed by atoms with Crippen molar-refractivity contribution < 1.29 is 39.3 Å². The van der Waals surface area contributed by atoms with Gasteiger partial charge in [0, 0.05) is 18.3 Å². The zero-order chi connectivity index (χ0) is 23.7. The molecule has 0 aromatic carbocycles. The molecule has 0 aliphatic carbocycles. The summed E-state index contributed by atoms with van der Waals surface area (Å²) in [5, 5.41) is 34.3. The molecule has 1 rings (SSSR count). The van der Waals surface area contributed by atoms with Gasteiger partial charge in [0.25, 0.3) is 0 Å². The third kappa shape index (κ3) is 8.39. The number of aliphatic hydroxyl groups is 1. The molecule has 0 saturated heterocycles. The van der Waals surface area contributed by atoms with Gasteiger partial charge in [0.05, 0.1) is 24.9 Å². The van der Waals surface area contributed by atoms with Crippen molar-refractivity contribution in [3.8, 4) is 0 Å². The van der Waals surface area contributed by atoms with Crippen molar-refractivity contribution in [3.63, 3.8) is 0 Å². The van der Waals surface area contributed by atoms with Crippen LogP contribution in [0.3, 0.4) is 0 Å². The van der Waals surface area contributed by atoms with Gasteiger partial charge in [0.15, 0.2) is 0 Å². The minimum atomic E-state index is -1.55. The molecule has 0 aliphatic heterocycles. The molecule has 0 radical (unpaired) electrons. The molecule has 3 amide bonds. The monoisotopic (exact) mass is 442 g/mol. The van der Waals surface area contributed by atoms with Crippen LogP contribution in [0.4, 0.5) is 0 Å². The first kappa shape index (κ1) is 25.5. The van der Waals surface area contributed by atoms with Crippen LogP contribution in [-0.2, 0) is 30.4 Å². The molecule has 14 nitrogen and oxygen atoms in total. The predicted molar refractivity (Wildman–Crippen MR) is 103 cm³/mol. The molecule has 9 N–H and O–H groups in total. The maximum absolute atomic E-state index is 12.7. The number of rotatable bonds is 12. The van der Waals surface area contributed by atoms with Crippen molar-refractivity contribution in [1.82, 2.24) is 25.9 Å². The van der Waals surface area contributed by atoms with Gasteiger partial charge in [0.1, 0.15) is 18.1 Å². The number of H-pyrrole nitrogens is 1. The number of carboxylic acids is 2. The van der Waals surface area contributed by atoms with Crippen LogP contribution in [0.1, 0.15) is 26.0 Å². The fourth-order valence-corrected chi connectivity index (χ4v) is 2.41. The van der Waals surface area contributed by atoms with Gasteiger partial charge < -0.3 is 42.0 Å². The summed E-state index contributed by atoms with van der Waals surface area (Å²) in [4.78, 5) is 65.4. The van der Waals surface area contributed by atoms with Crippen LogP contribution in [0.2, 0.25) is 0 Å². The number of hydrogen-bond donors (Lipinski definition) is 8. The van der Waals surface area contributed by atoms with Crippen LogP contribution in [0.25, 0.3) is 0 Å². The highest BCUT2D eigenvalue weighted by molar-refractivity contribution is 5.95. The first-order valence-electron chi connectivity index (χ1n) is 9.19. The number of carbonyl (C=O) groups excluding carboxylic acids is 3. The highest BCUT2D eigenvalue weighted by atomic mass is 16.4. The van der Waals surface area contributed by atoms with Crippen LogP contribution < -0.4 is 21.7 Å². The summed E-state index contributed by atoms with van der Waals surface area (Å²) in [6.07, 6.45) is 0.524. The van der Waals surface area contributed by atoms with Crippen LogP contribution >= 0.6 is 0 Å². The summed E-state index contributed by atoms with van der Waals surface area (Å²) in [5.74, 6) is -5.40. The number of aromatic amines is 1. The Morgan fingerprint density at radius 1 is 1.06 bits per heavy atom. The van der Waals surface area contributed by atoms with E-state index in [0.717, 1.165) is 0 Å². The lowest BCUT2D eigenvalue weighted by Crippen LogP contribution is -2.60. The Hall–Kier alpha value is -3.52. The molecule has 5 atom stereocenters. The number of aliphatic hydroxyl groups excluding tert-OH is 1. The van der Waals surface area contributed by atoms with Gasteiger partial charge in [-0.05, 0) is 13.8 Å².